The summed E-state index contributed by atoms with van der Waals surface area (Å²) in [6.07, 6.45) is 5.55. The quantitative estimate of drug-likeness (QED) is 0.412. The molecule has 0 spiro atoms. The van der Waals surface area contributed by atoms with E-state index < -0.39 is 0 Å². The molecule has 1 aliphatic rings. The van der Waals surface area contributed by atoms with Crippen LogP contribution >= 0.6 is 12.2 Å². The zero-order valence-corrected chi connectivity index (χ0v) is 19.9. The second-order valence-electron chi connectivity index (χ2n) is 8.56. The van der Waals surface area contributed by atoms with E-state index in [1.165, 1.54) is 28.2 Å². The van der Waals surface area contributed by atoms with Crippen LogP contribution in [-0.4, -0.2) is 24.5 Å². The highest BCUT2D eigenvalue weighted by Crippen LogP contribution is 2.42. The smallest absolute Gasteiger partial charge is 0.170 e. The average Bonchev–Trinajstić information content (AvgIpc) is 3.30. The summed E-state index contributed by atoms with van der Waals surface area (Å²) in [5, 5.41) is 4.30. The Morgan fingerprint density at radius 2 is 1.79 bits per heavy atom. The number of benzene rings is 1. The van der Waals surface area contributed by atoms with Crippen molar-refractivity contribution in [2.75, 3.05) is 0 Å². The monoisotopic (exact) mass is 453 g/mol. The van der Waals surface area contributed by atoms with Crippen molar-refractivity contribution in [3.05, 3.63) is 113 Å². The van der Waals surface area contributed by atoms with Crippen molar-refractivity contribution in [3.8, 4) is 5.69 Å². The van der Waals surface area contributed by atoms with Crippen LogP contribution in [0.5, 0.6) is 0 Å². The molecule has 166 valence electrons. The minimum atomic E-state index is -0.0406. The highest BCUT2D eigenvalue weighted by molar-refractivity contribution is 7.80. The van der Waals surface area contributed by atoms with Gasteiger partial charge in [0.05, 0.1) is 17.8 Å². The lowest BCUT2D eigenvalue weighted by Crippen LogP contribution is -2.29. The number of thiocarbonyl (C=S) groups is 1. The van der Waals surface area contributed by atoms with E-state index in [2.05, 4.69) is 88.0 Å². The fourth-order valence-corrected chi connectivity index (χ4v) is 5.18. The van der Waals surface area contributed by atoms with Crippen molar-refractivity contribution < 1.29 is 0 Å². The van der Waals surface area contributed by atoms with Crippen molar-refractivity contribution in [2.45, 2.75) is 39.4 Å². The van der Waals surface area contributed by atoms with Gasteiger partial charge in [-0.15, -0.1) is 0 Å². The van der Waals surface area contributed by atoms with Crippen molar-refractivity contribution in [3.63, 3.8) is 0 Å². The number of aryl methyl sites for hydroxylation is 2. The van der Waals surface area contributed by atoms with E-state index in [4.69, 9.17) is 12.2 Å². The summed E-state index contributed by atoms with van der Waals surface area (Å²) in [5.41, 5.74) is 8.24. The van der Waals surface area contributed by atoms with Crippen molar-refractivity contribution in [1.82, 2.24) is 24.8 Å². The largest absolute Gasteiger partial charge is 0.352 e. The number of hydrogen-bond acceptors (Lipinski definition) is 3. The second-order valence-corrected chi connectivity index (χ2v) is 8.95. The first kappa shape index (κ1) is 21.3. The number of hydrogen-bond donors (Lipinski definition) is 1. The molecule has 6 heteroatoms. The molecule has 0 aliphatic carbocycles. The first-order valence-corrected chi connectivity index (χ1v) is 11.6. The number of rotatable bonds is 5. The van der Waals surface area contributed by atoms with Crippen LogP contribution in [0.15, 0.2) is 79.3 Å². The van der Waals surface area contributed by atoms with Gasteiger partial charge in [0.2, 0.25) is 0 Å². The predicted molar refractivity (Wildman–Crippen MR) is 135 cm³/mol. The summed E-state index contributed by atoms with van der Waals surface area (Å²) < 4.78 is 2.35. The van der Waals surface area contributed by atoms with E-state index in [1.54, 1.807) is 6.20 Å². The van der Waals surface area contributed by atoms with Gasteiger partial charge in [-0.2, -0.15) is 0 Å². The Hall–Kier alpha value is -3.51. The summed E-state index contributed by atoms with van der Waals surface area (Å²) >= 11 is 5.85. The van der Waals surface area contributed by atoms with Crippen LogP contribution in [0.4, 0.5) is 0 Å². The minimum absolute atomic E-state index is 0.0107. The van der Waals surface area contributed by atoms with Gasteiger partial charge < -0.3 is 14.8 Å². The van der Waals surface area contributed by atoms with Gasteiger partial charge in [-0.05, 0) is 80.0 Å². The zero-order chi connectivity index (χ0) is 22.9. The number of para-hydroxylation sites is 1. The van der Waals surface area contributed by atoms with Crippen LogP contribution in [0, 0.1) is 20.8 Å². The molecule has 33 heavy (non-hydrogen) atoms. The highest BCUT2D eigenvalue weighted by Gasteiger charge is 2.41. The maximum absolute atomic E-state index is 5.85. The van der Waals surface area contributed by atoms with Gasteiger partial charge in [0.15, 0.2) is 5.11 Å². The van der Waals surface area contributed by atoms with E-state index in [0.717, 1.165) is 16.4 Å². The first-order valence-electron chi connectivity index (χ1n) is 11.2. The number of aromatic nitrogens is 3. The van der Waals surface area contributed by atoms with Gasteiger partial charge >= 0.3 is 0 Å². The Morgan fingerprint density at radius 3 is 2.52 bits per heavy atom. The molecule has 0 amide bonds. The van der Waals surface area contributed by atoms with Crippen LogP contribution in [0.25, 0.3) is 5.69 Å². The molecule has 1 aliphatic heterocycles. The standard InChI is InChI=1S/C27H27N5S/c1-18-9-4-5-12-24(18)32-19(2)15-22(20(32)3)26-25(23-11-6-7-14-29-23)30-27(33)31(26)17-21-10-8-13-28-16-21/h4-16,25-26H,17H2,1-3H3,(H,30,33)/t25-,26-/m1/s1. The molecule has 0 unspecified atom stereocenters. The topological polar surface area (TPSA) is 46.0 Å². The van der Waals surface area contributed by atoms with Crippen LogP contribution < -0.4 is 5.32 Å². The van der Waals surface area contributed by atoms with E-state index in [-0.39, 0.29) is 12.1 Å². The Kier molecular flexibility index (Phi) is 5.68. The number of pyridine rings is 2. The lowest BCUT2D eigenvalue weighted by atomic mass is 9.96. The molecule has 1 aromatic carbocycles. The van der Waals surface area contributed by atoms with Gasteiger partial charge in [-0.1, -0.05) is 30.3 Å². The van der Waals surface area contributed by atoms with Crippen molar-refractivity contribution >= 4 is 17.3 Å². The maximum atomic E-state index is 5.85. The molecule has 5 rings (SSSR count). The van der Waals surface area contributed by atoms with Crippen LogP contribution in [0.1, 0.15) is 45.9 Å². The summed E-state index contributed by atoms with van der Waals surface area (Å²) in [4.78, 5) is 11.3. The van der Waals surface area contributed by atoms with Gasteiger partial charge in [-0.3, -0.25) is 9.97 Å². The molecule has 5 nitrogen and oxygen atoms in total. The fourth-order valence-electron chi connectivity index (χ4n) is 4.87. The average molecular weight is 454 g/mol. The molecule has 1 saturated heterocycles. The van der Waals surface area contributed by atoms with Gasteiger partial charge in [-0.25, -0.2) is 0 Å². The number of nitrogens with zero attached hydrogens (tertiary/aromatic N) is 4. The first-order chi connectivity index (χ1) is 16.0. The molecular formula is C27H27N5S. The minimum Gasteiger partial charge on any atom is -0.352 e. The third-order valence-corrected chi connectivity index (χ3v) is 6.77. The molecule has 1 N–H and O–H groups in total. The zero-order valence-electron chi connectivity index (χ0n) is 19.1. The lowest BCUT2D eigenvalue weighted by molar-refractivity contribution is 0.310. The molecule has 1 fully saturated rings. The lowest BCUT2D eigenvalue weighted by Gasteiger charge is -2.28. The second kappa shape index (κ2) is 8.79. The molecule has 4 aromatic rings. The molecule has 2 atom stereocenters. The Labute approximate surface area is 200 Å². The maximum Gasteiger partial charge on any atom is 0.170 e. The van der Waals surface area contributed by atoms with E-state index >= 15 is 0 Å². The van der Waals surface area contributed by atoms with Crippen molar-refractivity contribution in [1.29, 1.82) is 0 Å². The summed E-state index contributed by atoms with van der Waals surface area (Å²) in [5.74, 6) is 0. The van der Waals surface area contributed by atoms with E-state index in [0.29, 0.717) is 6.54 Å². The third kappa shape index (κ3) is 3.91. The highest BCUT2D eigenvalue weighted by atomic mass is 32.1. The molecule has 0 radical (unpaired) electrons. The normalized spacial score (nSPS) is 17.9. The predicted octanol–water partition coefficient (Wildman–Crippen LogP) is 5.37. The van der Waals surface area contributed by atoms with Crippen LogP contribution in [0.2, 0.25) is 0 Å². The summed E-state index contributed by atoms with van der Waals surface area (Å²) in [6.45, 7) is 7.21. The van der Waals surface area contributed by atoms with Crippen LogP contribution in [-0.2, 0) is 6.54 Å². The van der Waals surface area contributed by atoms with Gasteiger partial charge in [0.25, 0.3) is 0 Å². The Balaban J connectivity index is 1.63. The molecule has 0 saturated carbocycles. The molecule has 0 bridgehead atoms. The number of nitrogens with one attached hydrogen (secondary N) is 1. The Morgan fingerprint density at radius 1 is 0.970 bits per heavy atom. The van der Waals surface area contributed by atoms with Crippen molar-refractivity contribution in [2.24, 2.45) is 0 Å². The summed E-state index contributed by atoms with van der Waals surface area (Å²) in [6, 6.07) is 20.9. The third-order valence-electron chi connectivity index (χ3n) is 6.42. The van der Waals surface area contributed by atoms with E-state index in [1.807, 2.05) is 30.6 Å². The molecule has 4 heterocycles. The molecular weight excluding hydrogens is 426 g/mol. The van der Waals surface area contributed by atoms with Crippen LogP contribution in [0.3, 0.4) is 0 Å². The van der Waals surface area contributed by atoms with E-state index in [9.17, 15) is 0 Å². The van der Waals surface area contributed by atoms with Gasteiger partial charge in [0.1, 0.15) is 0 Å². The Bertz CT molecular complexity index is 1280. The SMILES string of the molecule is Cc1ccccc1-n1c(C)cc([C@@H]2[C@@H](c3ccccn3)NC(=S)N2Cc2cccnc2)c1C. The summed E-state index contributed by atoms with van der Waals surface area (Å²) in [7, 11) is 0. The molecule has 3 aromatic heterocycles. The fraction of sp³-hybridized carbons (Fsp3) is 0.222. The van der Waals surface area contributed by atoms with Gasteiger partial charge in [0, 0.05) is 42.2 Å².